The second-order valence-electron chi connectivity index (χ2n) is 4.32. The molecule has 0 unspecified atom stereocenters. The number of carbonyl (C=O) groups is 3. The van der Waals surface area contributed by atoms with Crippen LogP contribution in [0.5, 0.6) is 0 Å². The summed E-state index contributed by atoms with van der Waals surface area (Å²) in [7, 11) is 0. The van der Waals surface area contributed by atoms with Crippen LogP contribution in [0.25, 0.3) is 6.08 Å². The molecule has 0 aliphatic carbocycles. The molecule has 0 fully saturated rings. The Morgan fingerprint density at radius 1 is 1.42 bits per heavy atom. The average molecular weight is 282 g/mol. The zero-order valence-corrected chi connectivity index (χ0v) is 11.3. The van der Waals surface area contributed by atoms with Crippen LogP contribution in [0, 0.1) is 0 Å². The van der Waals surface area contributed by atoms with Gasteiger partial charge in [0.05, 0.1) is 4.88 Å². The molecule has 19 heavy (non-hydrogen) atoms. The zero-order chi connectivity index (χ0) is 14.6. The van der Waals surface area contributed by atoms with E-state index in [1.165, 1.54) is 19.9 Å². The molecule has 7 heteroatoms. The predicted octanol–water partition coefficient (Wildman–Crippen LogP) is 0.840. The van der Waals surface area contributed by atoms with Gasteiger partial charge in [-0.05, 0) is 36.9 Å². The highest BCUT2D eigenvalue weighted by Crippen LogP contribution is 2.19. The first-order valence-corrected chi connectivity index (χ1v) is 6.23. The SMILES string of the molecule is CC(C)(NC(=O)c1sccc1C=CC(=O)O)C(N)=O. The van der Waals surface area contributed by atoms with E-state index in [1.807, 2.05) is 0 Å². The van der Waals surface area contributed by atoms with Gasteiger partial charge in [0.1, 0.15) is 5.54 Å². The van der Waals surface area contributed by atoms with Crippen molar-refractivity contribution in [3.63, 3.8) is 0 Å². The first-order chi connectivity index (χ1) is 8.74. The molecule has 1 rings (SSSR count). The maximum absolute atomic E-state index is 12.0. The molecule has 0 aliphatic heterocycles. The van der Waals surface area contributed by atoms with Crippen molar-refractivity contribution >= 4 is 35.2 Å². The van der Waals surface area contributed by atoms with Gasteiger partial charge in [0.25, 0.3) is 5.91 Å². The maximum Gasteiger partial charge on any atom is 0.328 e. The van der Waals surface area contributed by atoms with Gasteiger partial charge in [0.15, 0.2) is 0 Å². The van der Waals surface area contributed by atoms with Crippen LogP contribution in [0.1, 0.15) is 29.1 Å². The molecular formula is C12H14N2O4S. The highest BCUT2D eigenvalue weighted by atomic mass is 32.1. The fraction of sp³-hybridized carbons (Fsp3) is 0.250. The number of rotatable bonds is 5. The van der Waals surface area contributed by atoms with Gasteiger partial charge in [-0.25, -0.2) is 4.79 Å². The van der Waals surface area contributed by atoms with E-state index in [0.29, 0.717) is 10.4 Å². The molecule has 0 saturated heterocycles. The number of nitrogens with two attached hydrogens (primary N) is 1. The minimum atomic E-state index is -1.17. The lowest BCUT2D eigenvalue weighted by Gasteiger charge is -2.21. The van der Waals surface area contributed by atoms with E-state index in [-0.39, 0.29) is 0 Å². The fourth-order valence-electron chi connectivity index (χ4n) is 1.20. The lowest BCUT2D eigenvalue weighted by molar-refractivity contribution is -0.131. The minimum absolute atomic E-state index is 0.326. The third-order valence-corrected chi connectivity index (χ3v) is 3.28. The Hall–Kier alpha value is -2.15. The zero-order valence-electron chi connectivity index (χ0n) is 10.5. The predicted molar refractivity (Wildman–Crippen MR) is 71.7 cm³/mol. The van der Waals surface area contributed by atoms with Crippen LogP contribution < -0.4 is 11.1 Å². The number of nitrogens with one attached hydrogen (secondary N) is 1. The first kappa shape index (κ1) is 14.9. The van der Waals surface area contributed by atoms with Gasteiger partial charge in [-0.3, -0.25) is 9.59 Å². The molecule has 0 bridgehead atoms. The van der Waals surface area contributed by atoms with Crippen molar-refractivity contribution in [2.24, 2.45) is 5.73 Å². The largest absolute Gasteiger partial charge is 0.478 e. The molecule has 0 aromatic carbocycles. The molecule has 0 radical (unpaired) electrons. The van der Waals surface area contributed by atoms with E-state index in [9.17, 15) is 14.4 Å². The van der Waals surface area contributed by atoms with Gasteiger partial charge < -0.3 is 16.2 Å². The van der Waals surface area contributed by atoms with Crippen LogP contribution in [0.3, 0.4) is 0 Å². The third-order valence-electron chi connectivity index (χ3n) is 2.35. The summed E-state index contributed by atoms with van der Waals surface area (Å²) in [6.45, 7) is 2.99. The molecule has 1 aromatic heterocycles. The Bertz CT molecular complexity index is 546. The number of carbonyl (C=O) groups excluding carboxylic acids is 2. The van der Waals surface area contributed by atoms with Crippen LogP contribution in [-0.2, 0) is 9.59 Å². The van der Waals surface area contributed by atoms with Crippen molar-refractivity contribution in [3.05, 3.63) is 28.0 Å². The average Bonchev–Trinajstić information content (AvgIpc) is 2.73. The van der Waals surface area contributed by atoms with Crippen molar-refractivity contribution in [2.75, 3.05) is 0 Å². The van der Waals surface area contributed by atoms with Crippen LogP contribution in [0.15, 0.2) is 17.5 Å². The molecule has 0 aliphatic rings. The maximum atomic E-state index is 12.0. The molecule has 0 spiro atoms. The number of thiophene rings is 1. The van der Waals surface area contributed by atoms with Crippen molar-refractivity contribution < 1.29 is 19.5 Å². The topological polar surface area (TPSA) is 109 Å². The summed E-state index contributed by atoms with van der Waals surface area (Å²) >= 11 is 1.15. The minimum Gasteiger partial charge on any atom is -0.478 e. The second kappa shape index (κ2) is 5.66. The van der Waals surface area contributed by atoms with E-state index in [2.05, 4.69) is 5.32 Å². The van der Waals surface area contributed by atoms with Crippen LogP contribution >= 0.6 is 11.3 Å². The van der Waals surface area contributed by atoms with Gasteiger partial charge in [-0.2, -0.15) is 0 Å². The van der Waals surface area contributed by atoms with Crippen LogP contribution in [0.4, 0.5) is 0 Å². The third kappa shape index (κ3) is 3.92. The van der Waals surface area contributed by atoms with Crippen molar-refractivity contribution in [3.8, 4) is 0 Å². The van der Waals surface area contributed by atoms with Gasteiger partial charge in [-0.15, -0.1) is 11.3 Å². The summed E-state index contributed by atoms with van der Waals surface area (Å²) in [4.78, 5) is 33.9. The summed E-state index contributed by atoms with van der Waals surface area (Å²) in [5.41, 5.74) is 4.47. The highest BCUT2D eigenvalue weighted by Gasteiger charge is 2.28. The van der Waals surface area contributed by atoms with E-state index in [0.717, 1.165) is 17.4 Å². The van der Waals surface area contributed by atoms with Crippen molar-refractivity contribution in [2.45, 2.75) is 19.4 Å². The first-order valence-electron chi connectivity index (χ1n) is 5.35. The Balaban J connectivity index is 2.93. The van der Waals surface area contributed by atoms with E-state index >= 15 is 0 Å². The monoisotopic (exact) mass is 282 g/mol. The molecule has 102 valence electrons. The molecule has 2 amide bonds. The van der Waals surface area contributed by atoms with Crippen LogP contribution in [0.2, 0.25) is 0 Å². The number of hydrogen-bond acceptors (Lipinski definition) is 4. The van der Waals surface area contributed by atoms with Crippen LogP contribution in [-0.4, -0.2) is 28.4 Å². The number of carboxylic acid groups (broad SMARTS) is 1. The lowest BCUT2D eigenvalue weighted by atomic mass is 10.0. The van der Waals surface area contributed by atoms with E-state index < -0.39 is 23.3 Å². The number of hydrogen-bond donors (Lipinski definition) is 3. The number of amides is 2. The number of carboxylic acids is 1. The molecular weight excluding hydrogens is 268 g/mol. The molecule has 6 nitrogen and oxygen atoms in total. The standard InChI is InChI=1S/C12H14N2O4S/c1-12(2,11(13)18)14-10(17)9-7(5-6-19-9)3-4-8(15)16/h3-6H,1-2H3,(H2,13,18)(H,14,17)(H,15,16). The summed E-state index contributed by atoms with van der Waals surface area (Å²) in [5, 5.41) is 12.7. The fourth-order valence-corrected chi connectivity index (χ4v) is 1.98. The van der Waals surface area contributed by atoms with Gasteiger partial charge in [0, 0.05) is 6.08 Å². The van der Waals surface area contributed by atoms with Crippen molar-refractivity contribution in [1.82, 2.24) is 5.32 Å². The summed E-state index contributed by atoms with van der Waals surface area (Å²) in [5.74, 6) is -2.22. The Morgan fingerprint density at radius 2 is 2.05 bits per heavy atom. The Kier molecular flexibility index (Phi) is 4.44. The van der Waals surface area contributed by atoms with E-state index in [1.54, 1.807) is 11.4 Å². The molecule has 0 saturated carbocycles. The lowest BCUT2D eigenvalue weighted by Crippen LogP contribution is -2.52. The summed E-state index contributed by atoms with van der Waals surface area (Å²) < 4.78 is 0. The number of aliphatic carboxylic acids is 1. The van der Waals surface area contributed by atoms with Gasteiger partial charge >= 0.3 is 5.97 Å². The smallest absolute Gasteiger partial charge is 0.328 e. The molecule has 4 N–H and O–H groups in total. The second-order valence-corrected chi connectivity index (χ2v) is 5.24. The Morgan fingerprint density at radius 3 is 2.58 bits per heavy atom. The Labute approximate surface area is 113 Å². The normalized spacial score (nSPS) is 11.5. The molecule has 1 aromatic rings. The van der Waals surface area contributed by atoms with E-state index in [4.69, 9.17) is 10.8 Å². The van der Waals surface area contributed by atoms with Crippen molar-refractivity contribution in [1.29, 1.82) is 0 Å². The highest BCUT2D eigenvalue weighted by molar-refractivity contribution is 7.12. The summed E-state index contributed by atoms with van der Waals surface area (Å²) in [6.07, 6.45) is 2.27. The molecule has 1 heterocycles. The molecule has 0 atom stereocenters. The quantitative estimate of drug-likeness (QED) is 0.695. The summed E-state index contributed by atoms with van der Waals surface area (Å²) in [6, 6.07) is 1.62. The van der Waals surface area contributed by atoms with Gasteiger partial charge in [-0.1, -0.05) is 0 Å². The van der Waals surface area contributed by atoms with Gasteiger partial charge in [0.2, 0.25) is 5.91 Å². The number of primary amides is 1.